The third-order valence-electron chi connectivity index (χ3n) is 4.13. The van der Waals surface area contributed by atoms with E-state index in [9.17, 15) is 4.79 Å². The van der Waals surface area contributed by atoms with Gasteiger partial charge in [0, 0.05) is 6.54 Å². The maximum absolute atomic E-state index is 12.8. The topological polar surface area (TPSA) is 42.7 Å². The van der Waals surface area contributed by atoms with E-state index >= 15 is 0 Å². The van der Waals surface area contributed by atoms with Crippen LogP contribution >= 0.6 is 0 Å². The summed E-state index contributed by atoms with van der Waals surface area (Å²) in [6.07, 6.45) is 0. The molecule has 0 N–H and O–H groups in total. The highest BCUT2D eigenvalue weighted by molar-refractivity contribution is 5.93. The minimum absolute atomic E-state index is 0.0414. The van der Waals surface area contributed by atoms with Crippen LogP contribution in [0.15, 0.2) is 51.7 Å². The average molecular weight is 311 g/mol. The smallest absolute Gasteiger partial charge is 0.204 e. The Labute approximate surface area is 135 Å². The highest BCUT2D eigenvalue weighted by Gasteiger charge is 2.12. The zero-order valence-corrected chi connectivity index (χ0v) is 13.5. The van der Waals surface area contributed by atoms with Crippen LogP contribution in [0.2, 0.25) is 0 Å². The van der Waals surface area contributed by atoms with Crippen molar-refractivity contribution < 1.29 is 9.15 Å². The second-order valence-electron chi connectivity index (χ2n) is 5.43. The molecular formula is C19H21NO3. The number of para-hydroxylation sites is 1. The highest BCUT2D eigenvalue weighted by atomic mass is 16.5. The number of ether oxygens (including phenoxy) is 1. The Morgan fingerprint density at radius 1 is 1.00 bits per heavy atom. The molecule has 4 nitrogen and oxygen atoms in total. The maximum Gasteiger partial charge on any atom is 0.204 e. The average Bonchev–Trinajstić information content (AvgIpc) is 2.59. The van der Waals surface area contributed by atoms with Gasteiger partial charge in [0.25, 0.3) is 0 Å². The zero-order chi connectivity index (χ0) is 16.2. The molecule has 0 aliphatic rings. The summed E-state index contributed by atoms with van der Waals surface area (Å²) < 4.78 is 11.7. The predicted molar refractivity (Wildman–Crippen MR) is 93.3 cm³/mol. The molecule has 0 spiro atoms. The van der Waals surface area contributed by atoms with E-state index in [4.69, 9.17) is 9.15 Å². The van der Waals surface area contributed by atoms with Gasteiger partial charge in [-0.1, -0.05) is 32.0 Å². The molecule has 23 heavy (non-hydrogen) atoms. The first-order chi connectivity index (χ1) is 11.2. The van der Waals surface area contributed by atoms with Crippen LogP contribution in [-0.2, 0) is 0 Å². The van der Waals surface area contributed by atoms with E-state index in [0.717, 1.165) is 19.6 Å². The van der Waals surface area contributed by atoms with Crippen LogP contribution < -0.4 is 10.2 Å². The summed E-state index contributed by atoms with van der Waals surface area (Å²) >= 11 is 0. The summed E-state index contributed by atoms with van der Waals surface area (Å²) in [6, 6.07) is 12.8. The Bertz CT molecular complexity index is 865. The fourth-order valence-corrected chi connectivity index (χ4v) is 2.76. The van der Waals surface area contributed by atoms with Crippen molar-refractivity contribution in [2.75, 3.05) is 26.2 Å². The monoisotopic (exact) mass is 311 g/mol. The normalized spacial score (nSPS) is 11.4. The Hall–Kier alpha value is -2.33. The fraction of sp³-hybridized carbons (Fsp3) is 0.316. The molecule has 3 rings (SSSR count). The Balaban J connectivity index is 1.98. The minimum Gasteiger partial charge on any atom is -0.491 e. The van der Waals surface area contributed by atoms with Crippen LogP contribution in [0.5, 0.6) is 5.75 Å². The zero-order valence-electron chi connectivity index (χ0n) is 13.5. The maximum atomic E-state index is 12.8. The van der Waals surface area contributed by atoms with E-state index in [0.29, 0.717) is 34.3 Å². The van der Waals surface area contributed by atoms with Crippen molar-refractivity contribution in [2.24, 2.45) is 0 Å². The van der Waals surface area contributed by atoms with Crippen LogP contribution in [0.1, 0.15) is 13.8 Å². The first kappa shape index (κ1) is 15.6. The Kier molecular flexibility index (Phi) is 4.63. The van der Waals surface area contributed by atoms with Crippen molar-refractivity contribution in [1.29, 1.82) is 0 Å². The van der Waals surface area contributed by atoms with Gasteiger partial charge < -0.3 is 14.1 Å². The number of rotatable bonds is 6. The van der Waals surface area contributed by atoms with E-state index in [1.54, 1.807) is 12.1 Å². The van der Waals surface area contributed by atoms with Crippen molar-refractivity contribution >= 4 is 21.9 Å². The van der Waals surface area contributed by atoms with Gasteiger partial charge >= 0.3 is 0 Å². The van der Waals surface area contributed by atoms with Gasteiger partial charge in [0.2, 0.25) is 5.43 Å². The molecule has 3 aromatic rings. The molecule has 1 aromatic heterocycles. The molecule has 0 radical (unpaired) electrons. The summed E-state index contributed by atoms with van der Waals surface area (Å²) in [7, 11) is 0. The van der Waals surface area contributed by atoms with E-state index in [-0.39, 0.29) is 5.43 Å². The third kappa shape index (κ3) is 3.08. The van der Waals surface area contributed by atoms with Gasteiger partial charge in [-0.15, -0.1) is 0 Å². The molecular weight excluding hydrogens is 290 g/mol. The Morgan fingerprint density at radius 2 is 1.74 bits per heavy atom. The fourth-order valence-electron chi connectivity index (χ4n) is 2.76. The van der Waals surface area contributed by atoms with Crippen molar-refractivity contribution in [1.82, 2.24) is 4.90 Å². The number of benzene rings is 2. The quantitative estimate of drug-likeness (QED) is 0.652. The van der Waals surface area contributed by atoms with Gasteiger partial charge in [-0.2, -0.15) is 0 Å². The van der Waals surface area contributed by atoms with Gasteiger partial charge in [-0.3, -0.25) is 4.79 Å². The molecule has 2 aromatic carbocycles. The van der Waals surface area contributed by atoms with E-state index in [2.05, 4.69) is 18.7 Å². The molecule has 0 saturated carbocycles. The molecule has 0 unspecified atom stereocenters. The molecule has 0 aliphatic heterocycles. The van der Waals surface area contributed by atoms with Crippen LogP contribution in [0, 0.1) is 0 Å². The van der Waals surface area contributed by atoms with Gasteiger partial charge in [-0.25, -0.2) is 0 Å². The van der Waals surface area contributed by atoms with E-state index in [1.165, 1.54) is 0 Å². The van der Waals surface area contributed by atoms with Crippen molar-refractivity contribution in [3.8, 4) is 5.75 Å². The molecule has 4 heteroatoms. The van der Waals surface area contributed by atoms with Crippen molar-refractivity contribution in [2.45, 2.75) is 13.8 Å². The number of hydrogen-bond donors (Lipinski definition) is 0. The van der Waals surface area contributed by atoms with Crippen molar-refractivity contribution in [3.05, 3.63) is 52.7 Å². The molecule has 0 bridgehead atoms. The second-order valence-corrected chi connectivity index (χ2v) is 5.43. The lowest BCUT2D eigenvalue weighted by Gasteiger charge is -2.18. The first-order valence-electron chi connectivity index (χ1n) is 8.04. The first-order valence-corrected chi connectivity index (χ1v) is 8.04. The number of likely N-dealkylation sites (N-methyl/N-ethyl adjacent to an activating group) is 1. The summed E-state index contributed by atoms with van der Waals surface area (Å²) in [6.45, 7) is 7.62. The summed E-state index contributed by atoms with van der Waals surface area (Å²) in [4.78, 5) is 15.0. The summed E-state index contributed by atoms with van der Waals surface area (Å²) in [5.74, 6) is 0.592. The van der Waals surface area contributed by atoms with Crippen LogP contribution in [-0.4, -0.2) is 31.1 Å². The lowest BCUT2D eigenvalue weighted by molar-refractivity contribution is 0.224. The van der Waals surface area contributed by atoms with Crippen LogP contribution in [0.4, 0.5) is 0 Å². The molecule has 0 atom stereocenters. The lowest BCUT2D eigenvalue weighted by Crippen LogP contribution is -2.28. The number of fused-ring (bicyclic) bond motifs is 2. The predicted octanol–water partition coefficient (Wildman–Crippen LogP) is 3.67. The molecule has 0 fully saturated rings. The number of hydrogen-bond acceptors (Lipinski definition) is 4. The van der Waals surface area contributed by atoms with E-state index in [1.807, 2.05) is 30.3 Å². The summed E-state index contributed by atoms with van der Waals surface area (Å²) in [5.41, 5.74) is 1.12. The van der Waals surface area contributed by atoms with Gasteiger partial charge in [0.1, 0.15) is 28.9 Å². The van der Waals surface area contributed by atoms with Crippen LogP contribution in [0.3, 0.4) is 0 Å². The Morgan fingerprint density at radius 3 is 2.52 bits per heavy atom. The van der Waals surface area contributed by atoms with Gasteiger partial charge in [-0.05, 0) is 37.4 Å². The van der Waals surface area contributed by atoms with Crippen LogP contribution in [0.25, 0.3) is 21.9 Å². The molecule has 1 heterocycles. The summed E-state index contributed by atoms with van der Waals surface area (Å²) in [5, 5.41) is 1.10. The van der Waals surface area contributed by atoms with E-state index < -0.39 is 0 Å². The molecule has 0 amide bonds. The largest absolute Gasteiger partial charge is 0.491 e. The van der Waals surface area contributed by atoms with Crippen molar-refractivity contribution in [3.63, 3.8) is 0 Å². The molecule has 0 aliphatic carbocycles. The molecule has 0 saturated heterocycles. The van der Waals surface area contributed by atoms with Gasteiger partial charge in [0.05, 0.1) is 5.39 Å². The SMILES string of the molecule is CCN(CC)CCOc1cccc2oc3ccccc3c(=O)c12. The minimum atomic E-state index is -0.0414. The number of nitrogens with zero attached hydrogens (tertiary/aromatic N) is 1. The standard InChI is InChI=1S/C19H21NO3/c1-3-20(4-2)12-13-22-16-10-7-11-17-18(16)19(21)14-8-5-6-9-15(14)23-17/h5-11H,3-4,12-13H2,1-2H3. The third-order valence-corrected chi connectivity index (χ3v) is 4.13. The second kappa shape index (κ2) is 6.84. The van der Waals surface area contributed by atoms with Gasteiger partial charge in [0.15, 0.2) is 0 Å². The molecule has 120 valence electrons. The lowest BCUT2D eigenvalue weighted by atomic mass is 10.1. The highest BCUT2D eigenvalue weighted by Crippen LogP contribution is 2.25.